The Kier molecular flexibility index (Phi) is 6.43. The number of benzene rings is 1. The van der Waals surface area contributed by atoms with Crippen molar-refractivity contribution in [2.45, 2.75) is 52.7 Å². The smallest absolute Gasteiger partial charge is 0.123 e. The Balaban J connectivity index is 2.55. The number of nitrogens with one attached hydrogen (secondary N) is 1. The van der Waals surface area contributed by atoms with Crippen molar-refractivity contribution in [2.24, 2.45) is 0 Å². The second-order valence-electron chi connectivity index (χ2n) is 5.80. The van der Waals surface area contributed by atoms with E-state index >= 15 is 0 Å². The molecule has 1 unspecified atom stereocenters. The van der Waals surface area contributed by atoms with Gasteiger partial charge in [-0.1, -0.05) is 0 Å². The van der Waals surface area contributed by atoms with E-state index in [4.69, 9.17) is 0 Å². The van der Waals surface area contributed by atoms with E-state index in [1.54, 1.807) is 0 Å². The minimum Gasteiger partial charge on any atom is -0.508 e. The maximum atomic E-state index is 13.2. The molecule has 1 aromatic rings. The summed E-state index contributed by atoms with van der Waals surface area (Å²) >= 11 is 0. The van der Waals surface area contributed by atoms with E-state index in [9.17, 15) is 9.50 Å². The molecule has 114 valence electrons. The number of phenolic OH excluding ortho intramolecular Hbond substituents is 1. The van der Waals surface area contributed by atoms with Gasteiger partial charge < -0.3 is 10.4 Å². The maximum absolute atomic E-state index is 13.2. The van der Waals surface area contributed by atoms with Gasteiger partial charge in [0.1, 0.15) is 11.6 Å². The molecule has 0 saturated heterocycles. The molecule has 1 aromatic carbocycles. The zero-order valence-electron chi connectivity index (χ0n) is 13.2. The fourth-order valence-corrected chi connectivity index (χ4v) is 2.50. The number of aromatic hydroxyl groups is 1. The molecule has 0 fully saturated rings. The first-order valence-electron chi connectivity index (χ1n) is 7.30. The van der Waals surface area contributed by atoms with Crippen LogP contribution in [0.25, 0.3) is 0 Å². The molecule has 0 amide bonds. The van der Waals surface area contributed by atoms with Gasteiger partial charge >= 0.3 is 0 Å². The molecule has 0 heterocycles. The molecule has 0 radical (unpaired) electrons. The molecule has 0 spiro atoms. The van der Waals surface area contributed by atoms with Crippen LogP contribution in [0.5, 0.6) is 5.75 Å². The lowest BCUT2D eigenvalue weighted by atomic mass is 10.1. The number of hydrogen-bond acceptors (Lipinski definition) is 3. The van der Waals surface area contributed by atoms with Crippen molar-refractivity contribution in [3.05, 3.63) is 29.6 Å². The van der Waals surface area contributed by atoms with Crippen molar-refractivity contribution in [3.63, 3.8) is 0 Å². The molecule has 0 bridgehead atoms. The minimum absolute atomic E-state index is 0.0770. The zero-order chi connectivity index (χ0) is 15.3. The predicted molar refractivity (Wildman–Crippen MR) is 81.5 cm³/mol. The summed E-state index contributed by atoms with van der Waals surface area (Å²) in [4.78, 5) is 2.39. The highest BCUT2D eigenvalue weighted by Crippen LogP contribution is 2.24. The topological polar surface area (TPSA) is 35.5 Å². The highest BCUT2D eigenvalue weighted by atomic mass is 19.1. The fraction of sp³-hybridized carbons (Fsp3) is 0.625. The van der Waals surface area contributed by atoms with Crippen molar-refractivity contribution >= 4 is 0 Å². The second-order valence-corrected chi connectivity index (χ2v) is 5.80. The first-order chi connectivity index (χ1) is 9.32. The molecule has 0 aliphatic heterocycles. The fourth-order valence-electron chi connectivity index (χ4n) is 2.50. The number of hydrogen-bond donors (Lipinski definition) is 2. The van der Waals surface area contributed by atoms with Gasteiger partial charge in [0.25, 0.3) is 0 Å². The Labute approximate surface area is 121 Å². The van der Waals surface area contributed by atoms with Gasteiger partial charge in [-0.2, -0.15) is 0 Å². The Morgan fingerprint density at radius 3 is 2.30 bits per heavy atom. The number of phenols is 1. The van der Waals surface area contributed by atoms with Crippen molar-refractivity contribution in [1.82, 2.24) is 10.2 Å². The van der Waals surface area contributed by atoms with E-state index in [1.807, 2.05) is 6.92 Å². The van der Waals surface area contributed by atoms with Crippen LogP contribution in [0.1, 0.15) is 46.2 Å². The molecule has 0 aliphatic carbocycles. The second kappa shape index (κ2) is 7.60. The largest absolute Gasteiger partial charge is 0.508 e. The number of rotatable bonds is 7. The standard InChI is InChI=1S/C16H27FN2O/c1-11(2)19(12(3)4)9-8-18-13(5)15-10-14(17)6-7-16(15)20/h6-7,10-13,18,20H,8-9H2,1-5H3. The van der Waals surface area contributed by atoms with Crippen LogP contribution in [0.4, 0.5) is 4.39 Å². The average molecular weight is 282 g/mol. The monoisotopic (exact) mass is 282 g/mol. The summed E-state index contributed by atoms with van der Waals surface area (Å²) in [6.45, 7) is 12.4. The van der Waals surface area contributed by atoms with Crippen molar-refractivity contribution in [3.8, 4) is 5.75 Å². The normalized spacial score (nSPS) is 13.4. The quantitative estimate of drug-likeness (QED) is 0.805. The van der Waals surface area contributed by atoms with Crippen LogP contribution in [0, 0.1) is 5.82 Å². The lowest BCUT2D eigenvalue weighted by Gasteiger charge is -2.31. The van der Waals surface area contributed by atoms with Crippen LogP contribution in [0.3, 0.4) is 0 Å². The lowest BCUT2D eigenvalue weighted by molar-refractivity contribution is 0.174. The Hall–Kier alpha value is -1.13. The Morgan fingerprint density at radius 2 is 1.75 bits per heavy atom. The van der Waals surface area contributed by atoms with Crippen LogP contribution in [0.15, 0.2) is 18.2 Å². The van der Waals surface area contributed by atoms with Crippen LogP contribution in [-0.4, -0.2) is 35.2 Å². The van der Waals surface area contributed by atoms with Gasteiger partial charge in [-0.05, 0) is 52.8 Å². The van der Waals surface area contributed by atoms with Gasteiger partial charge in [-0.15, -0.1) is 0 Å². The van der Waals surface area contributed by atoms with Crippen LogP contribution in [0.2, 0.25) is 0 Å². The third-order valence-corrected chi connectivity index (χ3v) is 3.60. The first kappa shape index (κ1) is 16.9. The molecule has 4 heteroatoms. The SMILES string of the molecule is CC(NCCN(C(C)C)C(C)C)c1cc(F)ccc1O. The molecule has 0 aromatic heterocycles. The zero-order valence-corrected chi connectivity index (χ0v) is 13.2. The van der Waals surface area contributed by atoms with E-state index < -0.39 is 0 Å². The summed E-state index contributed by atoms with van der Waals surface area (Å²) in [6.07, 6.45) is 0. The number of halogens is 1. The minimum atomic E-state index is -0.322. The van der Waals surface area contributed by atoms with Gasteiger partial charge in [-0.25, -0.2) is 4.39 Å². The summed E-state index contributed by atoms with van der Waals surface area (Å²) in [5.41, 5.74) is 0.602. The average Bonchev–Trinajstić information content (AvgIpc) is 2.36. The van der Waals surface area contributed by atoms with E-state index in [-0.39, 0.29) is 17.6 Å². The van der Waals surface area contributed by atoms with Crippen LogP contribution in [-0.2, 0) is 0 Å². The summed E-state index contributed by atoms with van der Waals surface area (Å²) in [7, 11) is 0. The Bertz CT molecular complexity index is 413. The third kappa shape index (κ3) is 4.76. The van der Waals surface area contributed by atoms with E-state index in [0.717, 1.165) is 13.1 Å². The molecule has 1 atom stereocenters. The number of nitrogens with zero attached hydrogens (tertiary/aromatic N) is 1. The van der Waals surface area contributed by atoms with E-state index in [0.29, 0.717) is 17.6 Å². The van der Waals surface area contributed by atoms with Crippen molar-refractivity contribution in [1.29, 1.82) is 0 Å². The van der Waals surface area contributed by atoms with Gasteiger partial charge in [0.15, 0.2) is 0 Å². The Morgan fingerprint density at radius 1 is 1.15 bits per heavy atom. The molecule has 2 N–H and O–H groups in total. The highest BCUT2D eigenvalue weighted by molar-refractivity contribution is 5.34. The van der Waals surface area contributed by atoms with E-state index in [2.05, 4.69) is 37.9 Å². The van der Waals surface area contributed by atoms with E-state index in [1.165, 1.54) is 18.2 Å². The lowest BCUT2D eigenvalue weighted by Crippen LogP contribution is -2.41. The summed E-state index contributed by atoms with van der Waals surface area (Å²) < 4.78 is 13.2. The molecular weight excluding hydrogens is 255 g/mol. The molecule has 0 aliphatic rings. The third-order valence-electron chi connectivity index (χ3n) is 3.60. The summed E-state index contributed by atoms with van der Waals surface area (Å²) in [5, 5.41) is 13.1. The maximum Gasteiger partial charge on any atom is 0.123 e. The first-order valence-corrected chi connectivity index (χ1v) is 7.30. The van der Waals surface area contributed by atoms with Gasteiger partial charge in [-0.3, -0.25) is 4.90 Å². The summed E-state index contributed by atoms with van der Waals surface area (Å²) in [6, 6.07) is 4.97. The van der Waals surface area contributed by atoms with Gasteiger partial charge in [0.2, 0.25) is 0 Å². The molecule has 3 nitrogen and oxygen atoms in total. The van der Waals surface area contributed by atoms with Gasteiger partial charge in [0.05, 0.1) is 0 Å². The predicted octanol–water partition coefficient (Wildman–Crippen LogP) is 3.30. The highest BCUT2D eigenvalue weighted by Gasteiger charge is 2.15. The molecular formula is C16H27FN2O. The van der Waals surface area contributed by atoms with Crippen LogP contribution < -0.4 is 5.32 Å². The van der Waals surface area contributed by atoms with Gasteiger partial charge in [0, 0.05) is 36.8 Å². The van der Waals surface area contributed by atoms with Crippen molar-refractivity contribution in [2.75, 3.05) is 13.1 Å². The van der Waals surface area contributed by atoms with Crippen LogP contribution >= 0.6 is 0 Å². The molecule has 0 saturated carbocycles. The summed E-state index contributed by atoms with van der Waals surface area (Å²) in [5.74, 6) is -0.187. The van der Waals surface area contributed by atoms with Crippen molar-refractivity contribution < 1.29 is 9.50 Å². The molecule has 20 heavy (non-hydrogen) atoms. The molecule has 1 rings (SSSR count).